The zero-order valence-electron chi connectivity index (χ0n) is 10.5. The van der Waals surface area contributed by atoms with Gasteiger partial charge in [-0.2, -0.15) is 5.10 Å². The van der Waals surface area contributed by atoms with Crippen molar-refractivity contribution in [2.24, 2.45) is 0 Å². The molecule has 1 atom stereocenters. The molecule has 0 fully saturated rings. The molecule has 0 saturated heterocycles. The van der Waals surface area contributed by atoms with Gasteiger partial charge in [0.05, 0.1) is 17.6 Å². The van der Waals surface area contributed by atoms with Crippen molar-refractivity contribution in [2.45, 2.75) is 32.4 Å². The van der Waals surface area contributed by atoms with Gasteiger partial charge in [0.2, 0.25) is 0 Å². The standard InChI is InChI=1S/C11H14N6OS/c1-7-14-9(5-19-7)16-11(18)15-8-2-3-10-12-6-13-17(10)4-8/h5-6,8H,2-4H2,1H3,(H2,15,16,18). The van der Waals surface area contributed by atoms with E-state index in [4.69, 9.17) is 0 Å². The Morgan fingerprint density at radius 2 is 2.47 bits per heavy atom. The van der Waals surface area contributed by atoms with E-state index in [0.29, 0.717) is 12.4 Å². The van der Waals surface area contributed by atoms with Gasteiger partial charge in [0.15, 0.2) is 0 Å². The van der Waals surface area contributed by atoms with Crippen molar-refractivity contribution in [1.82, 2.24) is 25.1 Å². The Kier molecular flexibility index (Phi) is 3.16. The average Bonchev–Trinajstić information content (AvgIpc) is 2.97. The zero-order chi connectivity index (χ0) is 13.2. The van der Waals surface area contributed by atoms with E-state index >= 15 is 0 Å². The Labute approximate surface area is 114 Å². The van der Waals surface area contributed by atoms with E-state index in [-0.39, 0.29) is 12.1 Å². The molecule has 1 unspecified atom stereocenters. The fourth-order valence-electron chi connectivity index (χ4n) is 2.11. The summed E-state index contributed by atoms with van der Waals surface area (Å²) < 4.78 is 1.83. The highest BCUT2D eigenvalue weighted by Crippen LogP contribution is 2.14. The van der Waals surface area contributed by atoms with E-state index in [0.717, 1.165) is 23.7 Å². The highest BCUT2D eigenvalue weighted by atomic mass is 32.1. The molecule has 2 amide bonds. The Morgan fingerprint density at radius 3 is 3.26 bits per heavy atom. The summed E-state index contributed by atoms with van der Waals surface area (Å²) in [4.78, 5) is 20.2. The van der Waals surface area contributed by atoms with E-state index in [1.165, 1.54) is 11.3 Å². The molecule has 3 rings (SSSR count). The normalized spacial score (nSPS) is 17.8. The highest BCUT2D eigenvalue weighted by molar-refractivity contribution is 7.09. The third kappa shape index (κ3) is 2.73. The van der Waals surface area contributed by atoms with Gasteiger partial charge in [0.25, 0.3) is 0 Å². The number of rotatable bonds is 2. The van der Waals surface area contributed by atoms with Gasteiger partial charge in [-0.3, -0.25) is 5.32 Å². The van der Waals surface area contributed by atoms with Crippen molar-refractivity contribution in [3.8, 4) is 0 Å². The van der Waals surface area contributed by atoms with Crippen molar-refractivity contribution >= 4 is 23.2 Å². The summed E-state index contributed by atoms with van der Waals surface area (Å²) in [6.07, 6.45) is 3.26. The lowest BCUT2D eigenvalue weighted by atomic mass is 10.1. The number of hydrogen-bond acceptors (Lipinski definition) is 5. The third-order valence-corrected chi connectivity index (χ3v) is 3.77. The molecule has 2 aromatic rings. The van der Waals surface area contributed by atoms with E-state index in [2.05, 4.69) is 25.7 Å². The van der Waals surface area contributed by atoms with Crippen LogP contribution in [-0.2, 0) is 13.0 Å². The number of urea groups is 1. The molecule has 0 saturated carbocycles. The van der Waals surface area contributed by atoms with Crippen LogP contribution in [0.4, 0.5) is 10.6 Å². The molecule has 2 aromatic heterocycles. The summed E-state index contributed by atoms with van der Waals surface area (Å²) in [5.74, 6) is 1.57. The van der Waals surface area contributed by atoms with Gasteiger partial charge in [-0.25, -0.2) is 19.4 Å². The zero-order valence-corrected chi connectivity index (χ0v) is 11.3. The van der Waals surface area contributed by atoms with Crippen LogP contribution in [-0.4, -0.2) is 31.8 Å². The van der Waals surface area contributed by atoms with Crippen LogP contribution < -0.4 is 10.6 Å². The quantitative estimate of drug-likeness (QED) is 0.864. The molecular formula is C11H14N6OS. The number of amides is 2. The number of carbonyl (C=O) groups excluding carboxylic acids is 1. The predicted octanol–water partition coefficient (Wildman–Crippen LogP) is 1.18. The second kappa shape index (κ2) is 4.96. The van der Waals surface area contributed by atoms with Crippen molar-refractivity contribution in [3.63, 3.8) is 0 Å². The molecule has 0 radical (unpaired) electrons. The first-order valence-corrected chi connectivity index (χ1v) is 6.95. The first-order valence-electron chi connectivity index (χ1n) is 6.07. The maximum absolute atomic E-state index is 11.8. The van der Waals surface area contributed by atoms with E-state index in [9.17, 15) is 4.79 Å². The topological polar surface area (TPSA) is 84.7 Å². The largest absolute Gasteiger partial charge is 0.333 e. The molecule has 7 nitrogen and oxygen atoms in total. The van der Waals surface area contributed by atoms with Gasteiger partial charge >= 0.3 is 6.03 Å². The lowest BCUT2D eigenvalue weighted by Gasteiger charge is -2.23. The summed E-state index contributed by atoms with van der Waals surface area (Å²) in [5.41, 5.74) is 0. The minimum atomic E-state index is -0.223. The van der Waals surface area contributed by atoms with Gasteiger partial charge in [0.1, 0.15) is 18.0 Å². The van der Waals surface area contributed by atoms with E-state index < -0.39 is 0 Å². The van der Waals surface area contributed by atoms with Crippen LogP contribution in [0.1, 0.15) is 17.3 Å². The summed E-state index contributed by atoms with van der Waals surface area (Å²) in [6, 6.07) is -0.146. The number of nitrogens with zero attached hydrogens (tertiary/aromatic N) is 4. The average molecular weight is 278 g/mol. The first-order chi connectivity index (χ1) is 9.20. The van der Waals surface area contributed by atoms with E-state index in [1.54, 1.807) is 6.33 Å². The monoisotopic (exact) mass is 278 g/mol. The van der Waals surface area contributed by atoms with Crippen LogP contribution >= 0.6 is 11.3 Å². The summed E-state index contributed by atoms with van der Waals surface area (Å²) in [7, 11) is 0. The van der Waals surface area contributed by atoms with Crippen molar-refractivity contribution in [3.05, 3.63) is 22.5 Å². The fourth-order valence-corrected chi connectivity index (χ4v) is 2.66. The number of fused-ring (bicyclic) bond motifs is 1. The molecule has 1 aliphatic heterocycles. The molecule has 0 aromatic carbocycles. The highest BCUT2D eigenvalue weighted by Gasteiger charge is 2.21. The molecule has 0 aliphatic carbocycles. The second-order valence-corrected chi connectivity index (χ2v) is 5.51. The van der Waals surface area contributed by atoms with Gasteiger partial charge in [-0.05, 0) is 13.3 Å². The van der Waals surface area contributed by atoms with Gasteiger partial charge < -0.3 is 5.32 Å². The van der Waals surface area contributed by atoms with Crippen LogP contribution in [0.5, 0.6) is 0 Å². The maximum atomic E-state index is 11.8. The molecule has 1 aliphatic rings. The Hall–Kier alpha value is -1.96. The molecule has 19 heavy (non-hydrogen) atoms. The SMILES string of the molecule is Cc1nc(NC(=O)NC2CCc3ncnn3C2)cs1. The van der Waals surface area contributed by atoms with Crippen molar-refractivity contribution in [1.29, 1.82) is 0 Å². The minimum absolute atomic E-state index is 0.0777. The van der Waals surface area contributed by atoms with Crippen molar-refractivity contribution < 1.29 is 4.79 Å². The Bertz CT molecular complexity index is 592. The Morgan fingerprint density at radius 1 is 1.58 bits per heavy atom. The van der Waals surface area contributed by atoms with Gasteiger partial charge in [-0.1, -0.05) is 0 Å². The predicted molar refractivity (Wildman–Crippen MR) is 71.1 cm³/mol. The number of aryl methyl sites for hydroxylation is 2. The van der Waals surface area contributed by atoms with Crippen molar-refractivity contribution in [2.75, 3.05) is 5.32 Å². The lowest BCUT2D eigenvalue weighted by Crippen LogP contribution is -2.43. The third-order valence-electron chi connectivity index (χ3n) is 3.00. The van der Waals surface area contributed by atoms with Gasteiger partial charge in [-0.15, -0.1) is 11.3 Å². The number of anilines is 1. The summed E-state index contributed by atoms with van der Waals surface area (Å²) in [5, 5.41) is 12.5. The number of carbonyl (C=O) groups is 1. The number of hydrogen-bond donors (Lipinski definition) is 2. The van der Waals surface area contributed by atoms with Crippen LogP contribution in [0.2, 0.25) is 0 Å². The fraction of sp³-hybridized carbons (Fsp3) is 0.455. The smallest absolute Gasteiger partial charge is 0.320 e. The van der Waals surface area contributed by atoms with Gasteiger partial charge in [0, 0.05) is 11.8 Å². The number of aromatic nitrogens is 4. The molecule has 8 heteroatoms. The minimum Gasteiger partial charge on any atom is -0.333 e. The molecule has 0 spiro atoms. The Balaban J connectivity index is 1.56. The molecule has 100 valence electrons. The maximum Gasteiger partial charge on any atom is 0.320 e. The number of nitrogens with one attached hydrogen (secondary N) is 2. The molecule has 3 heterocycles. The van der Waals surface area contributed by atoms with Crippen LogP contribution in [0.15, 0.2) is 11.7 Å². The van der Waals surface area contributed by atoms with Crippen LogP contribution in [0.3, 0.4) is 0 Å². The lowest BCUT2D eigenvalue weighted by molar-refractivity contribution is 0.243. The number of thiazole rings is 1. The van der Waals surface area contributed by atoms with Crippen LogP contribution in [0, 0.1) is 6.92 Å². The molecular weight excluding hydrogens is 264 g/mol. The summed E-state index contributed by atoms with van der Waals surface area (Å²) >= 11 is 1.51. The molecule has 2 N–H and O–H groups in total. The van der Waals surface area contributed by atoms with E-state index in [1.807, 2.05) is 17.0 Å². The second-order valence-electron chi connectivity index (χ2n) is 4.44. The summed E-state index contributed by atoms with van der Waals surface area (Å²) in [6.45, 7) is 2.57. The first kappa shape index (κ1) is 12.1. The van der Waals surface area contributed by atoms with Crippen LogP contribution in [0.25, 0.3) is 0 Å². The molecule has 0 bridgehead atoms.